The van der Waals surface area contributed by atoms with E-state index in [1.165, 1.54) is 0 Å². The van der Waals surface area contributed by atoms with Crippen LogP contribution in [-0.2, 0) is 6.54 Å². The zero-order valence-electron chi connectivity index (χ0n) is 12.5. The third-order valence-corrected chi connectivity index (χ3v) is 3.53. The number of imidazole rings is 1. The largest absolute Gasteiger partial charge is 0.326 e. The molecule has 0 aliphatic carbocycles. The van der Waals surface area contributed by atoms with E-state index in [2.05, 4.69) is 35.6 Å². The van der Waals surface area contributed by atoms with Gasteiger partial charge in [0.05, 0.1) is 18.1 Å². The van der Waals surface area contributed by atoms with Crippen molar-refractivity contribution in [1.82, 2.24) is 14.9 Å². The van der Waals surface area contributed by atoms with Gasteiger partial charge in [0.1, 0.15) is 5.82 Å². The van der Waals surface area contributed by atoms with E-state index in [1.807, 2.05) is 18.3 Å². The Morgan fingerprint density at radius 1 is 1.30 bits per heavy atom. The number of nitrogens with zero attached hydrogens (tertiary/aromatic N) is 2. The zero-order chi connectivity index (χ0) is 14.7. The fourth-order valence-electron chi connectivity index (χ4n) is 2.16. The molecule has 3 nitrogen and oxygen atoms in total. The molecule has 0 aliphatic rings. The van der Waals surface area contributed by atoms with Crippen LogP contribution < -0.4 is 5.32 Å². The van der Waals surface area contributed by atoms with Crippen molar-refractivity contribution in [3.8, 4) is 0 Å². The molecule has 1 heterocycles. The molecular formula is C16H22FN3. The number of hydrogen-bond acceptors (Lipinski definition) is 2. The number of benzene rings is 1. The Morgan fingerprint density at radius 3 is 2.70 bits per heavy atom. The highest BCUT2D eigenvalue weighted by Gasteiger charge is 2.13. The van der Waals surface area contributed by atoms with Crippen molar-refractivity contribution in [3.05, 3.63) is 53.4 Å². The van der Waals surface area contributed by atoms with Gasteiger partial charge in [0.15, 0.2) is 0 Å². The summed E-state index contributed by atoms with van der Waals surface area (Å²) in [7, 11) is 0. The van der Waals surface area contributed by atoms with E-state index in [0.717, 1.165) is 17.8 Å². The lowest BCUT2D eigenvalue weighted by atomic mass is 10.1. The molecule has 0 spiro atoms. The number of aryl methyl sites for hydroxylation is 1. The quantitative estimate of drug-likeness (QED) is 0.906. The van der Waals surface area contributed by atoms with Crippen LogP contribution in [0.4, 0.5) is 4.39 Å². The van der Waals surface area contributed by atoms with Gasteiger partial charge in [0, 0.05) is 18.8 Å². The van der Waals surface area contributed by atoms with E-state index in [9.17, 15) is 4.39 Å². The normalized spacial score (nSPS) is 12.9. The Labute approximate surface area is 119 Å². The molecular weight excluding hydrogens is 253 g/mol. The lowest BCUT2D eigenvalue weighted by Gasteiger charge is -2.18. The Bertz CT molecular complexity index is 575. The third kappa shape index (κ3) is 3.25. The molecule has 108 valence electrons. The molecule has 1 unspecified atom stereocenters. The van der Waals surface area contributed by atoms with Crippen LogP contribution >= 0.6 is 0 Å². The predicted molar refractivity (Wildman–Crippen MR) is 79.2 cm³/mol. The molecule has 2 aromatic rings. The number of aromatic nitrogens is 2. The highest BCUT2D eigenvalue weighted by Crippen LogP contribution is 2.21. The summed E-state index contributed by atoms with van der Waals surface area (Å²) in [4.78, 5) is 4.22. The fraction of sp³-hybridized carbons (Fsp3) is 0.438. The molecule has 0 amide bonds. The van der Waals surface area contributed by atoms with Crippen molar-refractivity contribution >= 4 is 0 Å². The van der Waals surface area contributed by atoms with Gasteiger partial charge in [-0.05, 0) is 31.0 Å². The van der Waals surface area contributed by atoms with Gasteiger partial charge in [-0.25, -0.2) is 9.37 Å². The summed E-state index contributed by atoms with van der Waals surface area (Å²) in [6, 6.07) is 5.90. The zero-order valence-corrected chi connectivity index (χ0v) is 12.5. The molecule has 0 aliphatic heterocycles. The minimum absolute atomic E-state index is 0.0663. The Balaban J connectivity index is 2.22. The van der Waals surface area contributed by atoms with Crippen molar-refractivity contribution in [2.45, 2.75) is 46.3 Å². The van der Waals surface area contributed by atoms with E-state index in [-0.39, 0.29) is 11.9 Å². The molecule has 0 radical (unpaired) electrons. The maximum absolute atomic E-state index is 13.7. The van der Waals surface area contributed by atoms with E-state index in [4.69, 9.17) is 0 Å². The number of nitrogens with one attached hydrogen (secondary N) is 1. The van der Waals surface area contributed by atoms with Gasteiger partial charge < -0.3 is 9.88 Å². The standard InChI is InChI=1S/C16H22FN3/c1-11(2)19-9-15-8-18-10-20(15)13(4)14-6-5-12(3)16(17)7-14/h5-8,10-11,13,19H,9H2,1-4H3. The molecule has 4 heteroatoms. The smallest absolute Gasteiger partial charge is 0.126 e. The molecule has 1 atom stereocenters. The molecule has 0 fully saturated rings. The molecule has 0 bridgehead atoms. The summed E-state index contributed by atoms with van der Waals surface area (Å²) in [5, 5.41) is 3.38. The third-order valence-electron chi connectivity index (χ3n) is 3.53. The minimum Gasteiger partial charge on any atom is -0.326 e. The Hall–Kier alpha value is -1.68. The summed E-state index contributed by atoms with van der Waals surface area (Å²) in [5.74, 6) is -0.156. The summed E-state index contributed by atoms with van der Waals surface area (Å²) in [5.41, 5.74) is 2.73. The topological polar surface area (TPSA) is 29.9 Å². The summed E-state index contributed by atoms with van der Waals surface area (Å²) < 4.78 is 15.8. The van der Waals surface area contributed by atoms with Crippen molar-refractivity contribution in [2.24, 2.45) is 0 Å². The highest BCUT2D eigenvalue weighted by molar-refractivity contribution is 5.26. The SMILES string of the molecule is Cc1ccc(C(C)n2cncc2CNC(C)C)cc1F. The maximum atomic E-state index is 13.7. The number of rotatable bonds is 5. The van der Waals surface area contributed by atoms with E-state index in [0.29, 0.717) is 11.6 Å². The average molecular weight is 275 g/mol. The van der Waals surface area contributed by atoms with Gasteiger partial charge in [-0.1, -0.05) is 26.0 Å². The molecule has 2 rings (SSSR count). The Morgan fingerprint density at radius 2 is 2.05 bits per heavy atom. The molecule has 0 saturated heterocycles. The maximum Gasteiger partial charge on any atom is 0.126 e. The van der Waals surface area contributed by atoms with Gasteiger partial charge >= 0.3 is 0 Å². The summed E-state index contributed by atoms with van der Waals surface area (Å²) in [6.07, 6.45) is 3.66. The van der Waals surface area contributed by atoms with Gasteiger partial charge in [-0.2, -0.15) is 0 Å². The molecule has 20 heavy (non-hydrogen) atoms. The van der Waals surface area contributed by atoms with Crippen molar-refractivity contribution in [3.63, 3.8) is 0 Å². The van der Waals surface area contributed by atoms with Gasteiger partial charge in [-0.15, -0.1) is 0 Å². The lowest BCUT2D eigenvalue weighted by Crippen LogP contribution is -2.24. The number of halogens is 1. The second-order valence-electron chi connectivity index (χ2n) is 5.51. The van der Waals surface area contributed by atoms with Crippen molar-refractivity contribution < 1.29 is 4.39 Å². The highest BCUT2D eigenvalue weighted by atomic mass is 19.1. The van der Waals surface area contributed by atoms with E-state index >= 15 is 0 Å². The fourth-order valence-corrected chi connectivity index (χ4v) is 2.16. The van der Waals surface area contributed by atoms with Crippen LogP contribution in [0.1, 0.15) is 43.6 Å². The first kappa shape index (κ1) is 14.7. The first-order chi connectivity index (χ1) is 9.49. The molecule has 1 aromatic carbocycles. The van der Waals surface area contributed by atoms with Crippen LogP contribution in [0.3, 0.4) is 0 Å². The van der Waals surface area contributed by atoms with Gasteiger partial charge in [-0.3, -0.25) is 0 Å². The van der Waals surface area contributed by atoms with Crippen molar-refractivity contribution in [2.75, 3.05) is 0 Å². The first-order valence-corrected chi connectivity index (χ1v) is 6.99. The predicted octanol–water partition coefficient (Wildman–Crippen LogP) is 3.44. The minimum atomic E-state index is -0.156. The van der Waals surface area contributed by atoms with E-state index < -0.39 is 0 Å². The lowest BCUT2D eigenvalue weighted by molar-refractivity contribution is 0.536. The van der Waals surface area contributed by atoms with Gasteiger partial charge in [0.25, 0.3) is 0 Å². The second-order valence-corrected chi connectivity index (χ2v) is 5.51. The molecule has 1 N–H and O–H groups in total. The van der Waals surface area contributed by atoms with Gasteiger partial charge in [0.2, 0.25) is 0 Å². The van der Waals surface area contributed by atoms with Crippen LogP contribution in [0.25, 0.3) is 0 Å². The Kier molecular flexibility index (Phi) is 4.55. The van der Waals surface area contributed by atoms with Crippen LogP contribution in [-0.4, -0.2) is 15.6 Å². The van der Waals surface area contributed by atoms with Crippen molar-refractivity contribution in [1.29, 1.82) is 0 Å². The first-order valence-electron chi connectivity index (χ1n) is 6.99. The van der Waals surface area contributed by atoms with Crippen LogP contribution in [0.2, 0.25) is 0 Å². The average Bonchev–Trinajstić information content (AvgIpc) is 2.87. The molecule has 0 saturated carbocycles. The summed E-state index contributed by atoms with van der Waals surface area (Å²) in [6.45, 7) is 8.82. The number of hydrogen-bond donors (Lipinski definition) is 1. The molecule has 1 aromatic heterocycles. The van der Waals surface area contributed by atoms with Crippen LogP contribution in [0, 0.1) is 12.7 Å². The monoisotopic (exact) mass is 275 g/mol. The summed E-state index contributed by atoms with van der Waals surface area (Å²) >= 11 is 0. The van der Waals surface area contributed by atoms with Crippen LogP contribution in [0.5, 0.6) is 0 Å². The van der Waals surface area contributed by atoms with Crippen LogP contribution in [0.15, 0.2) is 30.7 Å². The second kappa shape index (κ2) is 6.18. The van der Waals surface area contributed by atoms with E-state index in [1.54, 1.807) is 19.3 Å².